The molecule has 1 aliphatic heterocycles. The van der Waals surface area contributed by atoms with E-state index in [9.17, 15) is 0 Å². The summed E-state index contributed by atoms with van der Waals surface area (Å²) in [5, 5.41) is 3.36. The first kappa shape index (κ1) is 7.73. The minimum absolute atomic E-state index is 1.04. The van der Waals surface area contributed by atoms with E-state index in [0.29, 0.717) is 0 Å². The van der Waals surface area contributed by atoms with Crippen molar-refractivity contribution in [3.05, 3.63) is 0 Å². The number of nitrogens with zero attached hydrogens (tertiary/aromatic N) is 1. The minimum atomic E-state index is 1.04. The molecular weight excluding hydrogens is 124 g/mol. The highest BCUT2D eigenvalue weighted by Crippen LogP contribution is 1.95. The van der Waals surface area contributed by atoms with Crippen molar-refractivity contribution < 1.29 is 0 Å². The summed E-state index contributed by atoms with van der Waals surface area (Å²) in [5.41, 5.74) is 0. The molecule has 0 aromatic rings. The van der Waals surface area contributed by atoms with E-state index in [1.165, 1.54) is 25.8 Å². The van der Waals surface area contributed by atoms with Gasteiger partial charge in [0.2, 0.25) is 0 Å². The van der Waals surface area contributed by atoms with Crippen LogP contribution in [0.1, 0.15) is 25.7 Å². The Kier molecular flexibility index (Phi) is 4.19. The van der Waals surface area contributed by atoms with Gasteiger partial charge in [-0.3, -0.25) is 4.99 Å². The summed E-state index contributed by atoms with van der Waals surface area (Å²) in [5.74, 6) is 0. The lowest BCUT2D eigenvalue weighted by molar-refractivity contribution is 0.608. The van der Waals surface area contributed by atoms with Gasteiger partial charge in [-0.05, 0) is 32.0 Å². The van der Waals surface area contributed by atoms with Gasteiger partial charge in [-0.25, -0.2) is 0 Å². The summed E-state index contributed by atoms with van der Waals surface area (Å²) < 4.78 is 0. The molecule has 0 atom stereocenters. The SMILES string of the molecule is C1=NCCCCCNCC1. The molecule has 2 heteroatoms. The van der Waals surface area contributed by atoms with Crippen molar-refractivity contribution in [1.82, 2.24) is 5.32 Å². The molecule has 1 N–H and O–H groups in total. The zero-order valence-corrected chi connectivity index (χ0v) is 6.47. The van der Waals surface area contributed by atoms with Crippen LogP contribution in [0.25, 0.3) is 0 Å². The van der Waals surface area contributed by atoms with E-state index < -0.39 is 0 Å². The van der Waals surface area contributed by atoms with Gasteiger partial charge in [-0.1, -0.05) is 6.42 Å². The molecule has 2 nitrogen and oxygen atoms in total. The van der Waals surface area contributed by atoms with E-state index in [1.54, 1.807) is 0 Å². The Labute approximate surface area is 62.7 Å². The van der Waals surface area contributed by atoms with E-state index in [0.717, 1.165) is 19.5 Å². The maximum Gasteiger partial charge on any atom is 0.0385 e. The van der Waals surface area contributed by atoms with Gasteiger partial charge in [0.1, 0.15) is 0 Å². The van der Waals surface area contributed by atoms with Gasteiger partial charge in [0, 0.05) is 13.1 Å². The van der Waals surface area contributed by atoms with Gasteiger partial charge in [0.25, 0.3) is 0 Å². The van der Waals surface area contributed by atoms with Gasteiger partial charge < -0.3 is 5.32 Å². The van der Waals surface area contributed by atoms with Gasteiger partial charge in [0.05, 0.1) is 0 Å². The van der Waals surface area contributed by atoms with Crippen LogP contribution in [0, 0.1) is 0 Å². The van der Waals surface area contributed by atoms with Gasteiger partial charge in [-0.2, -0.15) is 0 Å². The highest BCUT2D eigenvalue weighted by atomic mass is 14.8. The third kappa shape index (κ3) is 3.62. The first-order valence-electron chi connectivity index (χ1n) is 4.19. The molecule has 0 radical (unpaired) electrons. The van der Waals surface area contributed by atoms with Crippen molar-refractivity contribution in [1.29, 1.82) is 0 Å². The van der Waals surface area contributed by atoms with E-state index in [4.69, 9.17) is 0 Å². The summed E-state index contributed by atoms with van der Waals surface area (Å²) in [6.45, 7) is 3.33. The molecule has 0 bridgehead atoms. The normalized spacial score (nSPS) is 22.4. The van der Waals surface area contributed by atoms with Crippen molar-refractivity contribution in [3.8, 4) is 0 Å². The minimum Gasteiger partial charge on any atom is -0.316 e. The van der Waals surface area contributed by atoms with Crippen LogP contribution in [0.2, 0.25) is 0 Å². The Morgan fingerprint density at radius 3 is 3.10 bits per heavy atom. The molecule has 0 spiro atoms. The highest BCUT2D eigenvalue weighted by molar-refractivity contribution is 5.57. The molecule has 1 aliphatic rings. The Morgan fingerprint density at radius 2 is 2.10 bits per heavy atom. The summed E-state index contributed by atoms with van der Waals surface area (Å²) in [4.78, 5) is 4.27. The average Bonchev–Trinajstić information content (AvgIpc) is 2.01. The van der Waals surface area contributed by atoms with E-state index in [2.05, 4.69) is 10.3 Å². The average molecular weight is 140 g/mol. The molecular formula is C8H16N2. The van der Waals surface area contributed by atoms with Crippen LogP contribution in [-0.2, 0) is 0 Å². The maximum absolute atomic E-state index is 4.27. The molecule has 0 fully saturated rings. The van der Waals surface area contributed by atoms with E-state index in [1.807, 2.05) is 6.21 Å². The van der Waals surface area contributed by atoms with Gasteiger partial charge in [0.15, 0.2) is 0 Å². The number of nitrogens with one attached hydrogen (secondary N) is 1. The van der Waals surface area contributed by atoms with Crippen LogP contribution in [0.15, 0.2) is 4.99 Å². The van der Waals surface area contributed by atoms with Crippen molar-refractivity contribution in [2.24, 2.45) is 4.99 Å². The third-order valence-electron chi connectivity index (χ3n) is 1.72. The van der Waals surface area contributed by atoms with E-state index in [-0.39, 0.29) is 0 Å². The second-order valence-corrected chi connectivity index (χ2v) is 2.69. The van der Waals surface area contributed by atoms with Crippen LogP contribution in [0.3, 0.4) is 0 Å². The first-order valence-corrected chi connectivity index (χ1v) is 4.19. The lowest BCUT2D eigenvalue weighted by Crippen LogP contribution is -2.17. The molecule has 58 valence electrons. The fourth-order valence-corrected chi connectivity index (χ4v) is 1.10. The van der Waals surface area contributed by atoms with Gasteiger partial charge >= 0.3 is 0 Å². The Morgan fingerprint density at radius 1 is 1.10 bits per heavy atom. The Balaban J connectivity index is 2.13. The topological polar surface area (TPSA) is 24.4 Å². The first-order chi connectivity index (χ1) is 5.00. The highest BCUT2D eigenvalue weighted by Gasteiger charge is 1.90. The van der Waals surface area contributed by atoms with Crippen LogP contribution >= 0.6 is 0 Å². The molecule has 0 saturated heterocycles. The standard InChI is InChI=1S/C8H16N2/c1-2-5-9-7-4-8-10-6-3-1/h7,10H,1-6,8H2. The monoisotopic (exact) mass is 140 g/mol. The fourth-order valence-electron chi connectivity index (χ4n) is 1.10. The molecule has 0 aromatic heterocycles. The predicted molar refractivity (Wildman–Crippen MR) is 44.7 cm³/mol. The van der Waals surface area contributed by atoms with Crippen molar-refractivity contribution in [2.45, 2.75) is 25.7 Å². The zero-order valence-electron chi connectivity index (χ0n) is 6.47. The maximum atomic E-state index is 4.27. The lowest BCUT2D eigenvalue weighted by Gasteiger charge is -2.03. The summed E-state index contributed by atoms with van der Waals surface area (Å²) in [6, 6.07) is 0. The molecule has 0 unspecified atom stereocenters. The molecule has 0 aromatic carbocycles. The van der Waals surface area contributed by atoms with Crippen LogP contribution < -0.4 is 5.32 Å². The molecule has 1 rings (SSSR count). The molecule has 1 heterocycles. The Hall–Kier alpha value is -0.370. The largest absolute Gasteiger partial charge is 0.316 e. The third-order valence-corrected chi connectivity index (χ3v) is 1.72. The molecule has 10 heavy (non-hydrogen) atoms. The van der Waals surface area contributed by atoms with Crippen molar-refractivity contribution in [3.63, 3.8) is 0 Å². The Bertz CT molecular complexity index is 87.4. The predicted octanol–water partition coefficient (Wildman–Crippen LogP) is 1.22. The van der Waals surface area contributed by atoms with E-state index >= 15 is 0 Å². The summed E-state index contributed by atoms with van der Waals surface area (Å²) in [7, 11) is 0. The van der Waals surface area contributed by atoms with Crippen molar-refractivity contribution in [2.75, 3.05) is 19.6 Å². The summed E-state index contributed by atoms with van der Waals surface area (Å²) >= 11 is 0. The van der Waals surface area contributed by atoms with Crippen molar-refractivity contribution >= 4 is 6.21 Å². The van der Waals surface area contributed by atoms with Gasteiger partial charge in [-0.15, -0.1) is 0 Å². The zero-order chi connectivity index (χ0) is 7.07. The van der Waals surface area contributed by atoms with Crippen LogP contribution in [0.5, 0.6) is 0 Å². The van der Waals surface area contributed by atoms with Crippen LogP contribution in [-0.4, -0.2) is 25.8 Å². The lowest BCUT2D eigenvalue weighted by atomic mass is 10.2. The number of hydrogen-bond acceptors (Lipinski definition) is 2. The smallest absolute Gasteiger partial charge is 0.0385 e. The van der Waals surface area contributed by atoms with Crippen LogP contribution in [0.4, 0.5) is 0 Å². The number of hydrogen-bond donors (Lipinski definition) is 1. The molecule has 0 saturated carbocycles. The number of rotatable bonds is 0. The second-order valence-electron chi connectivity index (χ2n) is 2.69. The molecule has 0 aliphatic carbocycles. The molecule has 0 amide bonds. The summed E-state index contributed by atoms with van der Waals surface area (Å²) in [6.07, 6.45) is 7.04. The fraction of sp³-hybridized carbons (Fsp3) is 0.875. The second kappa shape index (κ2) is 5.42. The quantitative estimate of drug-likeness (QED) is 0.537. The number of aliphatic imine (C=N–C) groups is 1.